The number of rotatable bonds is 8. The molecule has 16 nitrogen and oxygen atoms in total. The molecular formula is C41H45F3N8O8S. The molecule has 2 atom stereocenters. The van der Waals surface area contributed by atoms with Crippen LogP contribution in [-0.4, -0.2) is 78.2 Å². The molecule has 0 aliphatic carbocycles. The van der Waals surface area contributed by atoms with Crippen molar-refractivity contribution in [1.82, 2.24) is 39.0 Å². The molecule has 2 aromatic carbocycles. The first-order valence-corrected chi connectivity index (χ1v) is 20.9. The minimum Gasteiger partial charge on any atom is -0.445 e. The molecule has 6 aromatic rings. The fourth-order valence-corrected chi connectivity index (χ4v) is 7.27. The topological polar surface area (TPSA) is 183 Å². The van der Waals surface area contributed by atoms with Crippen LogP contribution in [0.2, 0.25) is 0 Å². The molecule has 2 saturated heterocycles. The van der Waals surface area contributed by atoms with E-state index in [9.17, 15) is 36.0 Å². The molecule has 0 saturated carbocycles. The van der Waals surface area contributed by atoms with Gasteiger partial charge in [0.05, 0.1) is 23.5 Å². The van der Waals surface area contributed by atoms with E-state index in [-0.39, 0.29) is 36.6 Å². The lowest BCUT2D eigenvalue weighted by molar-refractivity contribution is -0.0501. The molecular weight excluding hydrogens is 822 g/mol. The van der Waals surface area contributed by atoms with Crippen LogP contribution in [0, 0.1) is 0 Å². The van der Waals surface area contributed by atoms with Gasteiger partial charge < -0.3 is 18.6 Å². The first-order chi connectivity index (χ1) is 29.8. The number of fused-ring (bicyclic) bond motifs is 2. The predicted molar refractivity (Wildman–Crippen MR) is 216 cm³/mol. The molecule has 2 aliphatic rings. The highest BCUT2D eigenvalue weighted by Gasteiger charge is 2.49. The van der Waals surface area contributed by atoms with Gasteiger partial charge in [-0.05, 0) is 49.7 Å². The quantitative estimate of drug-likeness (QED) is 0.117. The van der Waals surface area contributed by atoms with Crippen LogP contribution in [0.5, 0.6) is 5.88 Å². The lowest BCUT2D eigenvalue weighted by Gasteiger charge is -2.33. The van der Waals surface area contributed by atoms with Crippen LogP contribution >= 0.6 is 0 Å². The van der Waals surface area contributed by atoms with Crippen LogP contribution in [-0.2, 0) is 32.8 Å². The summed E-state index contributed by atoms with van der Waals surface area (Å²) < 4.78 is 84.3. The summed E-state index contributed by atoms with van der Waals surface area (Å²) in [6, 6.07) is 24.0. The molecule has 2 fully saturated rings. The second-order valence-electron chi connectivity index (χ2n) is 13.8. The average molecular weight is 868 g/mol. The number of nitrogens with zero attached hydrogens (tertiary/aromatic N) is 7. The van der Waals surface area contributed by atoms with E-state index >= 15 is 0 Å². The van der Waals surface area contributed by atoms with E-state index in [2.05, 4.69) is 24.3 Å². The number of ether oxygens (including phenoxy) is 2. The first-order valence-electron chi connectivity index (χ1n) is 20.2. The standard InChI is InChI=1S/C20H19F3N4O5S.C19H20N4O3.C2H6/c21-20(22,23)33(29,30)32-18-9-11-27-17(24-18)12-15(25-27)16-8-4-5-10-26(16)19(28)31-13-14-6-2-1-3-7-14;24-18-9-11-23-17(20-18)12-15(21-23)16-8-4-5-10-22(16)19(25)26-13-14-6-2-1-3-7-14;1-2/h1-3,6-7,9,11-12,16H,4-5,8,10,13H2;1-3,6-7,9,11-12,16H,4-5,8,10,13H2,(H,20,24);1-2H3/t2*16-;/m00./s1/i;;1D. The van der Waals surface area contributed by atoms with Gasteiger partial charge in [0.25, 0.3) is 5.56 Å². The van der Waals surface area contributed by atoms with Crippen molar-refractivity contribution < 1.29 is 46.2 Å². The third-order valence-electron chi connectivity index (χ3n) is 9.74. The fraction of sp³-hybridized carbons (Fsp3) is 0.366. The van der Waals surface area contributed by atoms with Crippen LogP contribution in [0.3, 0.4) is 0 Å². The number of likely N-dealkylation sites (tertiary alicyclic amines) is 2. The van der Waals surface area contributed by atoms with Gasteiger partial charge in [0, 0.05) is 51.1 Å². The first kappa shape index (κ1) is 42.7. The second-order valence-corrected chi connectivity index (χ2v) is 15.4. The van der Waals surface area contributed by atoms with E-state index in [1.54, 1.807) is 27.4 Å². The summed E-state index contributed by atoms with van der Waals surface area (Å²) in [5, 5.41) is 8.88. The molecule has 0 spiro atoms. The number of aromatic amines is 1. The second kappa shape index (κ2) is 19.7. The SMILES string of the molecule is O=C(OCc1ccccc1)N1CCCC[C@H]1c1cc2[nH]c(=O)ccn2n1.O=C(OCc1ccccc1)N1CCCC[C@H]1c1cc2nc(OS(=O)(=O)C(F)(F)F)ccn2n1.[2H]CC. The number of nitrogens with one attached hydrogen (secondary N) is 1. The predicted octanol–water partition coefficient (Wildman–Crippen LogP) is 7.73. The highest BCUT2D eigenvalue weighted by Crippen LogP contribution is 2.33. The van der Waals surface area contributed by atoms with E-state index in [1.165, 1.54) is 22.8 Å². The molecule has 0 bridgehead atoms. The van der Waals surface area contributed by atoms with Gasteiger partial charge in [0.1, 0.15) is 18.9 Å². The molecule has 4 aromatic heterocycles. The van der Waals surface area contributed by atoms with E-state index in [0.717, 1.165) is 55.0 Å². The Morgan fingerprint density at radius 2 is 1.30 bits per heavy atom. The summed E-state index contributed by atoms with van der Waals surface area (Å²) in [6.07, 6.45) is 7.05. The number of aromatic nitrogens is 6. The maximum atomic E-state index is 12.7. The lowest BCUT2D eigenvalue weighted by atomic mass is 10.00. The Kier molecular flexibility index (Phi) is 13.8. The Labute approximate surface area is 350 Å². The number of benzene rings is 2. The van der Waals surface area contributed by atoms with Gasteiger partial charge >= 0.3 is 27.8 Å². The highest BCUT2D eigenvalue weighted by atomic mass is 32.2. The molecule has 2 amide bonds. The molecule has 324 valence electrons. The Balaban J connectivity index is 0.000000199. The van der Waals surface area contributed by atoms with Crippen molar-refractivity contribution in [3.8, 4) is 5.88 Å². The van der Waals surface area contributed by atoms with Crippen molar-refractivity contribution in [3.05, 3.63) is 130 Å². The third kappa shape index (κ3) is 11.0. The average Bonchev–Trinajstić information content (AvgIpc) is 3.89. The van der Waals surface area contributed by atoms with Crippen LogP contribution in [0.1, 0.15) is 88.3 Å². The molecule has 20 heteroatoms. The van der Waals surface area contributed by atoms with Crippen molar-refractivity contribution in [1.29, 1.82) is 0 Å². The minimum atomic E-state index is -5.84. The summed E-state index contributed by atoms with van der Waals surface area (Å²) >= 11 is 0. The molecule has 2 aliphatic heterocycles. The highest BCUT2D eigenvalue weighted by molar-refractivity contribution is 7.87. The zero-order chi connectivity index (χ0) is 44.3. The maximum Gasteiger partial charge on any atom is 0.534 e. The fourth-order valence-electron chi connectivity index (χ4n) is 6.86. The van der Waals surface area contributed by atoms with Crippen molar-refractivity contribution in [2.75, 3.05) is 13.1 Å². The number of piperidine rings is 2. The monoisotopic (exact) mass is 867 g/mol. The van der Waals surface area contributed by atoms with Gasteiger partial charge in [0.2, 0.25) is 5.88 Å². The Morgan fingerprint density at radius 1 is 0.787 bits per heavy atom. The summed E-state index contributed by atoms with van der Waals surface area (Å²) in [4.78, 5) is 46.7. The Morgan fingerprint density at radius 3 is 1.84 bits per heavy atom. The number of halogens is 3. The summed E-state index contributed by atoms with van der Waals surface area (Å²) in [7, 11) is -5.84. The normalized spacial score (nSPS) is 17.0. The molecule has 6 heterocycles. The van der Waals surface area contributed by atoms with Gasteiger partial charge in [-0.25, -0.2) is 18.6 Å². The Hall–Kier alpha value is -6.44. The van der Waals surface area contributed by atoms with E-state index in [0.29, 0.717) is 37.8 Å². The number of alkyl halides is 3. The summed E-state index contributed by atoms with van der Waals surface area (Å²) in [6.45, 7) is 3.76. The number of H-pyrrole nitrogens is 1. The lowest BCUT2D eigenvalue weighted by Crippen LogP contribution is -2.39. The largest absolute Gasteiger partial charge is 0.534 e. The van der Waals surface area contributed by atoms with E-state index in [4.69, 9.17) is 10.8 Å². The van der Waals surface area contributed by atoms with Gasteiger partial charge in [-0.3, -0.25) is 14.6 Å². The van der Waals surface area contributed by atoms with Crippen LogP contribution in [0.15, 0.2) is 102 Å². The van der Waals surface area contributed by atoms with Gasteiger partial charge in [-0.2, -0.15) is 36.8 Å². The molecule has 8 rings (SSSR count). The van der Waals surface area contributed by atoms with E-state index in [1.807, 2.05) is 66.7 Å². The number of hydrogen-bond acceptors (Lipinski definition) is 11. The van der Waals surface area contributed by atoms with Crippen LogP contribution in [0.4, 0.5) is 22.8 Å². The molecule has 61 heavy (non-hydrogen) atoms. The zero-order valence-electron chi connectivity index (χ0n) is 34.1. The number of carbonyl (C=O) groups is 2. The molecule has 0 unspecified atom stereocenters. The molecule has 1 N–H and O–H groups in total. The molecule has 0 radical (unpaired) electrons. The van der Waals surface area contributed by atoms with Gasteiger partial charge in [-0.1, -0.05) is 74.5 Å². The maximum absolute atomic E-state index is 12.7. The number of amides is 2. The van der Waals surface area contributed by atoms with Crippen molar-refractivity contribution >= 4 is 33.6 Å². The van der Waals surface area contributed by atoms with Gasteiger partial charge in [-0.15, -0.1) is 0 Å². The minimum absolute atomic E-state index is 0.0723. The van der Waals surface area contributed by atoms with Crippen molar-refractivity contribution in [3.63, 3.8) is 0 Å². The summed E-state index contributed by atoms with van der Waals surface area (Å²) in [5.41, 5.74) is -2.03. The van der Waals surface area contributed by atoms with E-state index < -0.39 is 33.6 Å². The van der Waals surface area contributed by atoms with Gasteiger partial charge in [0.15, 0.2) is 5.65 Å². The number of carbonyl (C=O) groups excluding carboxylic acids is 2. The van der Waals surface area contributed by atoms with Crippen LogP contribution in [0.25, 0.3) is 11.3 Å². The van der Waals surface area contributed by atoms with Crippen molar-refractivity contribution in [2.24, 2.45) is 0 Å². The summed E-state index contributed by atoms with van der Waals surface area (Å²) in [5.74, 6) is -0.742. The smallest absolute Gasteiger partial charge is 0.445 e. The zero-order valence-corrected chi connectivity index (χ0v) is 33.9. The van der Waals surface area contributed by atoms with Crippen molar-refractivity contribution in [2.45, 2.75) is 83.2 Å². The number of hydrogen-bond donors (Lipinski definition) is 1. The Bertz CT molecular complexity index is 2590. The van der Waals surface area contributed by atoms with Crippen LogP contribution < -0.4 is 9.74 Å². The third-order valence-corrected chi connectivity index (χ3v) is 10.7.